The van der Waals surface area contributed by atoms with E-state index in [4.69, 9.17) is 5.26 Å². The maximum Gasteiger partial charge on any atom is 0.220 e. The Morgan fingerprint density at radius 3 is 2.50 bits per heavy atom. The molecule has 1 aliphatic rings. The fourth-order valence-electron chi connectivity index (χ4n) is 0.565. The van der Waals surface area contributed by atoms with Gasteiger partial charge in [0.15, 0.2) is 0 Å². The Morgan fingerprint density at radius 1 is 1.80 bits per heavy atom. The first-order chi connectivity index (χ1) is 4.81. The van der Waals surface area contributed by atoms with Gasteiger partial charge in [-0.05, 0) is 6.42 Å². The molecule has 1 rings (SSSR count). The van der Waals surface area contributed by atoms with Crippen molar-refractivity contribution in [2.45, 2.75) is 26.2 Å². The average molecular weight is 140 g/mol. The van der Waals surface area contributed by atoms with Crippen LogP contribution in [-0.4, -0.2) is 12.5 Å². The number of amides is 1. The lowest BCUT2D eigenvalue weighted by Gasteiger charge is -1.80. The predicted molar refractivity (Wildman–Crippen MR) is 38.1 cm³/mol. The third kappa shape index (κ3) is 5.10. The van der Waals surface area contributed by atoms with E-state index in [0.717, 1.165) is 19.4 Å². The summed E-state index contributed by atoms with van der Waals surface area (Å²) in [5, 5.41) is 10.3. The maximum absolute atomic E-state index is 10.1. The topological polar surface area (TPSA) is 52.9 Å². The molecule has 10 heavy (non-hydrogen) atoms. The minimum atomic E-state index is 0.204. The van der Waals surface area contributed by atoms with E-state index in [1.807, 2.05) is 13.0 Å². The lowest BCUT2D eigenvalue weighted by molar-refractivity contribution is -0.119. The summed E-state index contributed by atoms with van der Waals surface area (Å²) in [5.74, 6) is 0.204. The highest BCUT2D eigenvalue weighted by molar-refractivity contribution is 5.77. The number of nitriles is 1. The van der Waals surface area contributed by atoms with Gasteiger partial charge in [0.2, 0.25) is 5.91 Å². The van der Waals surface area contributed by atoms with Crippen molar-refractivity contribution in [2.75, 3.05) is 6.54 Å². The van der Waals surface area contributed by atoms with Crippen LogP contribution < -0.4 is 5.32 Å². The lowest BCUT2D eigenvalue weighted by Crippen LogP contribution is -2.12. The van der Waals surface area contributed by atoms with Crippen LogP contribution in [0.15, 0.2) is 0 Å². The van der Waals surface area contributed by atoms with Gasteiger partial charge < -0.3 is 5.32 Å². The van der Waals surface area contributed by atoms with E-state index in [1.165, 1.54) is 0 Å². The zero-order valence-electron chi connectivity index (χ0n) is 6.18. The van der Waals surface area contributed by atoms with Gasteiger partial charge in [0.1, 0.15) is 0 Å². The van der Waals surface area contributed by atoms with Crippen LogP contribution in [0.1, 0.15) is 26.2 Å². The Balaban J connectivity index is 0.000000180. The Labute approximate surface area is 61.0 Å². The fraction of sp³-hybridized carbons (Fsp3) is 0.714. The Kier molecular flexibility index (Phi) is 5.45. The number of nitrogens with one attached hydrogen (secondary N) is 1. The van der Waals surface area contributed by atoms with Gasteiger partial charge in [-0.15, -0.1) is 0 Å². The Hall–Kier alpha value is -1.04. The molecular formula is C7H12N2O. The molecule has 0 aromatic heterocycles. The second kappa shape index (κ2) is 6.09. The van der Waals surface area contributed by atoms with Crippen molar-refractivity contribution in [3.63, 3.8) is 0 Å². The lowest BCUT2D eigenvalue weighted by atomic mass is 10.4. The molecule has 0 aromatic rings. The highest BCUT2D eigenvalue weighted by Gasteiger charge is 2.05. The van der Waals surface area contributed by atoms with Crippen molar-refractivity contribution in [2.24, 2.45) is 0 Å². The molecule has 0 bridgehead atoms. The molecule has 0 aliphatic carbocycles. The van der Waals surface area contributed by atoms with Crippen LogP contribution in [0.25, 0.3) is 0 Å². The van der Waals surface area contributed by atoms with Crippen molar-refractivity contribution in [3.05, 3.63) is 0 Å². The number of rotatable bonds is 0. The Morgan fingerprint density at radius 2 is 2.40 bits per heavy atom. The first kappa shape index (κ1) is 8.96. The van der Waals surface area contributed by atoms with Crippen LogP contribution >= 0.6 is 0 Å². The number of hydrogen-bond acceptors (Lipinski definition) is 2. The summed E-state index contributed by atoms with van der Waals surface area (Å²) in [7, 11) is 0. The highest BCUT2D eigenvalue weighted by atomic mass is 16.1. The molecule has 0 radical (unpaired) electrons. The number of hydrogen-bond donors (Lipinski definition) is 1. The van der Waals surface area contributed by atoms with Crippen molar-refractivity contribution in [3.8, 4) is 6.07 Å². The predicted octanol–water partition coefficient (Wildman–Crippen LogP) is 0.816. The molecule has 0 unspecified atom stereocenters. The molecular weight excluding hydrogens is 128 g/mol. The molecule has 56 valence electrons. The summed E-state index contributed by atoms with van der Waals surface area (Å²) >= 11 is 0. The van der Waals surface area contributed by atoms with Crippen molar-refractivity contribution in [1.82, 2.24) is 5.32 Å². The second-order valence-corrected chi connectivity index (χ2v) is 1.97. The molecule has 0 aromatic carbocycles. The van der Waals surface area contributed by atoms with Crippen molar-refractivity contribution >= 4 is 5.91 Å². The van der Waals surface area contributed by atoms with E-state index in [1.54, 1.807) is 0 Å². The van der Waals surface area contributed by atoms with Gasteiger partial charge in [-0.25, -0.2) is 0 Å². The van der Waals surface area contributed by atoms with E-state index < -0.39 is 0 Å². The Bertz CT molecular complexity index is 129. The summed E-state index contributed by atoms with van der Waals surface area (Å²) in [5.41, 5.74) is 0. The standard InChI is InChI=1S/C4H7NO.C3H5N/c6-4-2-1-3-5-4;1-2-3-4/h1-3H2,(H,5,6);2H2,1H3. The third-order valence-electron chi connectivity index (χ3n) is 1.06. The zero-order chi connectivity index (χ0) is 7.82. The monoisotopic (exact) mass is 140 g/mol. The van der Waals surface area contributed by atoms with Gasteiger partial charge in [-0.2, -0.15) is 5.26 Å². The molecule has 1 amide bonds. The number of nitrogens with zero attached hydrogens (tertiary/aromatic N) is 1. The minimum absolute atomic E-state index is 0.204. The molecule has 1 heterocycles. The molecule has 1 N–H and O–H groups in total. The summed E-state index contributed by atoms with van der Waals surface area (Å²) < 4.78 is 0. The largest absolute Gasteiger partial charge is 0.356 e. The van der Waals surface area contributed by atoms with Crippen LogP contribution in [0, 0.1) is 11.3 Å². The SMILES string of the molecule is CCC#N.O=C1CCCN1. The first-order valence-corrected chi connectivity index (χ1v) is 3.45. The number of carbonyl (C=O) groups is 1. The summed E-state index contributed by atoms with van der Waals surface area (Å²) in [4.78, 5) is 10.1. The van der Waals surface area contributed by atoms with Crippen molar-refractivity contribution < 1.29 is 4.79 Å². The number of carbonyl (C=O) groups excluding carboxylic acids is 1. The van der Waals surface area contributed by atoms with Crippen molar-refractivity contribution in [1.29, 1.82) is 5.26 Å². The summed E-state index contributed by atoms with van der Waals surface area (Å²) in [6, 6.07) is 1.93. The van der Waals surface area contributed by atoms with Crippen LogP contribution in [0.5, 0.6) is 0 Å². The first-order valence-electron chi connectivity index (χ1n) is 3.45. The highest BCUT2D eigenvalue weighted by Crippen LogP contribution is 1.93. The zero-order valence-corrected chi connectivity index (χ0v) is 6.18. The summed E-state index contributed by atoms with van der Waals surface area (Å²) in [6.07, 6.45) is 2.39. The normalized spacial score (nSPS) is 14.6. The smallest absolute Gasteiger partial charge is 0.220 e. The molecule has 0 saturated carbocycles. The van der Waals surface area contributed by atoms with E-state index in [9.17, 15) is 4.79 Å². The van der Waals surface area contributed by atoms with Crippen LogP contribution in [-0.2, 0) is 4.79 Å². The van der Waals surface area contributed by atoms with Gasteiger partial charge >= 0.3 is 0 Å². The van der Waals surface area contributed by atoms with E-state index in [-0.39, 0.29) is 5.91 Å². The molecule has 0 atom stereocenters. The quantitative estimate of drug-likeness (QED) is 0.541. The van der Waals surface area contributed by atoms with Gasteiger partial charge in [-0.1, -0.05) is 6.92 Å². The second-order valence-electron chi connectivity index (χ2n) is 1.97. The van der Waals surface area contributed by atoms with E-state index in [2.05, 4.69) is 5.32 Å². The van der Waals surface area contributed by atoms with Gasteiger partial charge in [0.05, 0.1) is 6.07 Å². The molecule has 0 spiro atoms. The van der Waals surface area contributed by atoms with E-state index in [0.29, 0.717) is 6.42 Å². The third-order valence-corrected chi connectivity index (χ3v) is 1.06. The summed E-state index contributed by atoms with van der Waals surface area (Å²) in [6.45, 7) is 2.71. The molecule has 1 fully saturated rings. The van der Waals surface area contributed by atoms with E-state index >= 15 is 0 Å². The molecule has 1 saturated heterocycles. The van der Waals surface area contributed by atoms with Crippen LogP contribution in [0.2, 0.25) is 0 Å². The van der Waals surface area contributed by atoms with Gasteiger partial charge in [0, 0.05) is 19.4 Å². The van der Waals surface area contributed by atoms with Crippen LogP contribution in [0.3, 0.4) is 0 Å². The molecule has 3 heteroatoms. The fourth-order valence-corrected chi connectivity index (χ4v) is 0.565. The van der Waals surface area contributed by atoms with Gasteiger partial charge in [-0.3, -0.25) is 4.79 Å². The maximum atomic E-state index is 10.1. The van der Waals surface area contributed by atoms with Crippen LogP contribution in [0.4, 0.5) is 0 Å². The molecule has 1 aliphatic heterocycles. The average Bonchev–Trinajstić information content (AvgIpc) is 2.40. The minimum Gasteiger partial charge on any atom is -0.356 e. The van der Waals surface area contributed by atoms with Gasteiger partial charge in [0.25, 0.3) is 0 Å². The molecule has 3 nitrogen and oxygen atoms in total.